The molecule has 1 heterocycles. The molecule has 2 aliphatic rings. The standard InChI is InChI=1S/C19H29N/c1-3-16-6-4-5-7-17(16)12-15-9-11-19-18(13-15)10-8-14(2)20-19/h9,11,13-14,16-17,20H,3-8,10,12H2,1-2H3. The van der Waals surface area contributed by atoms with Crippen molar-refractivity contribution in [3.8, 4) is 0 Å². The number of nitrogens with one attached hydrogen (secondary N) is 1. The number of hydrogen-bond donors (Lipinski definition) is 1. The molecule has 1 nitrogen and oxygen atoms in total. The van der Waals surface area contributed by atoms with E-state index in [1.165, 1.54) is 57.1 Å². The molecule has 1 N–H and O–H groups in total. The zero-order chi connectivity index (χ0) is 13.9. The van der Waals surface area contributed by atoms with Crippen molar-refractivity contribution in [2.45, 2.75) is 71.3 Å². The molecule has 1 aromatic carbocycles. The van der Waals surface area contributed by atoms with Crippen molar-refractivity contribution in [3.63, 3.8) is 0 Å². The Hall–Kier alpha value is -0.980. The van der Waals surface area contributed by atoms with Crippen LogP contribution in [0.2, 0.25) is 0 Å². The molecule has 1 aromatic rings. The third kappa shape index (κ3) is 3.02. The van der Waals surface area contributed by atoms with Gasteiger partial charge >= 0.3 is 0 Å². The van der Waals surface area contributed by atoms with Crippen molar-refractivity contribution in [1.82, 2.24) is 0 Å². The topological polar surface area (TPSA) is 12.0 Å². The van der Waals surface area contributed by atoms with Gasteiger partial charge in [-0.3, -0.25) is 0 Å². The number of anilines is 1. The number of rotatable bonds is 3. The summed E-state index contributed by atoms with van der Waals surface area (Å²) in [5.41, 5.74) is 4.50. The number of fused-ring (bicyclic) bond motifs is 1. The molecule has 0 radical (unpaired) electrons. The van der Waals surface area contributed by atoms with E-state index >= 15 is 0 Å². The summed E-state index contributed by atoms with van der Waals surface area (Å²) in [7, 11) is 0. The second-order valence-electron chi connectivity index (χ2n) is 6.99. The fourth-order valence-electron chi connectivity index (χ4n) is 4.22. The summed E-state index contributed by atoms with van der Waals surface area (Å²) in [6, 6.07) is 7.81. The van der Waals surface area contributed by atoms with E-state index in [0.717, 1.165) is 11.8 Å². The molecule has 0 bridgehead atoms. The number of hydrogen-bond acceptors (Lipinski definition) is 1. The van der Waals surface area contributed by atoms with Gasteiger partial charge in [-0.1, -0.05) is 44.7 Å². The zero-order valence-corrected chi connectivity index (χ0v) is 13.1. The molecule has 3 atom stereocenters. The zero-order valence-electron chi connectivity index (χ0n) is 13.1. The minimum atomic E-state index is 0.635. The fourth-order valence-corrected chi connectivity index (χ4v) is 4.22. The molecule has 3 unspecified atom stereocenters. The lowest BCUT2D eigenvalue weighted by atomic mass is 9.75. The normalized spacial score (nSPS) is 29.6. The Balaban J connectivity index is 1.71. The summed E-state index contributed by atoms with van der Waals surface area (Å²) >= 11 is 0. The molecule has 0 amide bonds. The van der Waals surface area contributed by atoms with Gasteiger partial charge in [0.2, 0.25) is 0 Å². The Labute approximate surface area is 124 Å². The summed E-state index contributed by atoms with van der Waals surface area (Å²) < 4.78 is 0. The quantitative estimate of drug-likeness (QED) is 0.797. The molecule has 0 spiro atoms. The highest BCUT2D eigenvalue weighted by Gasteiger charge is 2.24. The maximum Gasteiger partial charge on any atom is 0.0374 e. The molecule has 110 valence electrons. The summed E-state index contributed by atoms with van der Waals surface area (Å²) in [4.78, 5) is 0. The minimum absolute atomic E-state index is 0.635. The SMILES string of the molecule is CCC1CCCCC1Cc1ccc2c(c1)CCC(C)N2. The molecule has 1 aliphatic carbocycles. The largest absolute Gasteiger partial charge is 0.382 e. The van der Waals surface area contributed by atoms with Crippen molar-refractivity contribution in [2.24, 2.45) is 11.8 Å². The fraction of sp³-hybridized carbons (Fsp3) is 0.684. The van der Waals surface area contributed by atoms with Crippen LogP contribution in [0, 0.1) is 11.8 Å². The van der Waals surface area contributed by atoms with Crippen molar-refractivity contribution >= 4 is 5.69 Å². The highest BCUT2D eigenvalue weighted by atomic mass is 14.9. The Bertz CT molecular complexity index is 451. The average Bonchev–Trinajstić information content (AvgIpc) is 2.48. The van der Waals surface area contributed by atoms with Crippen LogP contribution in [0.1, 0.15) is 63.5 Å². The van der Waals surface area contributed by atoms with Crippen LogP contribution in [0.4, 0.5) is 5.69 Å². The molecule has 3 rings (SSSR count). The first-order chi connectivity index (χ1) is 9.76. The van der Waals surface area contributed by atoms with E-state index in [-0.39, 0.29) is 0 Å². The Morgan fingerprint density at radius 1 is 1.10 bits per heavy atom. The van der Waals surface area contributed by atoms with E-state index in [9.17, 15) is 0 Å². The monoisotopic (exact) mass is 271 g/mol. The molecular formula is C19H29N. The average molecular weight is 271 g/mol. The second-order valence-corrected chi connectivity index (χ2v) is 6.99. The van der Waals surface area contributed by atoms with Crippen LogP contribution >= 0.6 is 0 Å². The van der Waals surface area contributed by atoms with E-state index < -0.39 is 0 Å². The van der Waals surface area contributed by atoms with Gasteiger partial charge in [0.15, 0.2) is 0 Å². The lowest BCUT2D eigenvalue weighted by Gasteiger charge is -2.31. The lowest BCUT2D eigenvalue weighted by molar-refractivity contribution is 0.229. The van der Waals surface area contributed by atoms with Crippen LogP contribution in [0.15, 0.2) is 18.2 Å². The molecule has 1 saturated carbocycles. The second kappa shape index (κ2) is 6.20. The highest BCUT2D eigenvalue weighted by molar-refractivity contribution is 5.55. The molecule has 1 fully saturated rings. The molecular weight excluding hydrogens is 242 g/mol. The van der Waals surface area contributed by atoms with Crippen molar-refractivity contribution in [2.75, 3.05) is 5.32 Å². The van der Waals surface area contributed by atoms with Gasteiger partial charge in [-0.05, 0) is 61.6 Å². The van der Waals surface area contributed by atoms with E-state index in [1.807, 2.05) is 0 Å². The highest BCUT2D eigenvalue weighted by Crippen LogP contribution is 2.35. The third-order valence-electron chi connectivity index (χ3n) is 5.51. The maximum atomic E-state index is 3.61. The van der Waals surface area contributed by atoms with Crippen LogP contribution < -0.4 is 5.32 Å². The maximum absolute atomic E-state index is 3.61. The summed E-state index contributed by atoms with van der Waals surface area (Å²) in [5.74, 6) is 1.90. The van der Waals surface area contributed by atoms with Crippen LogP contribution in [0.5, 0.6) is 0 Å². The van der Waals surface area contributed by atoms with Gasteiger partial charge in [-0.2, -0.15) is 0 Å². The summed E-state index contributed by atoms with van der Waals surface area (Å²) in [5, 5.41) is 3.61. The molecule has 1 heteroatoms. The van der Waals surface area contributed by atoms with Crippen LogP contribution in [0.25, 0.3) is 0 Å². The van der Waals surface area contributed by atoms with Crippen LogP contribution in [-0.2, 0) is 12.8 Å². The van der Waals surface area contributed by atoms with Gasteiger partial charge in [0.1, 0.15) is 0 Å². The predicted octanol–water partition coefficient (Wildman–Crippen LogP) is 5.19. The Kier molecular flexibility index (Phi) is 4.33. The minimum Gasteiger partial charge on any atom is -0.382 e. The molecule has 20 heavy (non-hydrogen) atoms. The van der Waals surface area contributed by atoms with Gasteiger partial charge in [-0.15, -0.1) is 0 Å². The smallest absolute Gasteiger partial charge is 0.0374 e. The van der Waals surface area contributed by atoms with Gasteiger partial charge in [-0.25, -0.2) is 0 Å². The summed E-state index contributed by atoms with van der Waals surface area (Å²) in [6.45, 7) is 4.66. The first kappa shape index (κ1) is 14.0. The van der Waals surface area contributed by atoms with Crippen molar-refractivity contribution in [1.29, 1.82) is 0 Å². The Morgan fingerprint density at radius 2 is 1.90 bits per heavy atom. The number of benzene rings is 1. The Morgan fingerprint density at radius 3 is 2.70 bits per heavy atom. The van der Waals surface area contributed by atoms with E-state index in [0.29, 0.717) is 6.04 Å². The third-order valence-corrected chi connectivity index (χ3v) is 5.51. The molecule has 1 aliphatic heterocycles. The molecule has 0 aromatic heterocycles. The summed E-state index contributed by atoms with van der Waals surface area (Å²) in [6.07, 6.45) is 11.0. The van der Waals surface area contributed by atoms with Gasteiger partial charge in [0.05, 0.1) is 0 Å². The first-order valence-electron chi connectivity index (χ1n) is 8.64. The van der Waals surface area contributed by atoms with Gasteiger partial charge < -0.3 is 5.32 Å². The van der Waals surface area contributed by atoms with E-state index in [1.54, 1.807) is 11.1 Å². The van der Waals surface area contributed by atoms with Crippen LogP contribution in [-0.4, -0.2) is 6.04 Å². The molecule has 0 saturated heterocycles. The van der Waals surface area contributed by atoms with Gasteiger partial charge in [0.25, 0.3) is 0 Å². The van der Waals surface area contributed by atoms with E-state index in [2.05, 4.69) is 37.4 Å². The van der Waals surface area contributed by atoms with Gasteiger partial charge in [0, 0.05) is 11.7 Å². The lowest BCUT2D eigenvalue weighted by Crippen LogP contribution is -2.23. The van der Waals surface area contributed by atoms with E-state index in [4.69, 9.17) is 0 Å². The van der Waals surface area contributed by atoms with Crippen molar-refractivity contribution < 1.29 is 0 Å². The predicted molar refractivity (Wildman–Crippen MR) is 87.3 cm³/mol. The first-order valence-corrected chi connectivity index (χ1v) is 8.64. The number of aryl methyl sites for hydroxylation is 1. The van der Waals surface area contributed by atoms with Crippen LogP contribution in [0.3, 0.4) is 0 Å². The van der Waals surface area contributed by atoms with Crippen molar-refractivity contribution in [3.05, 3.63) is 29.3 Å².